The third-order valence-corrected chi connectivity index (χ3v) is 7.11. The highest BCUT2D eigenvalue weighted by molar-refractivity contribution is 6.21. The summed E-state index contributed by atoms with van der Waals surface area (Å²) < 4.78 is 13.5. The fourth-order valence-corrected chi connectivity index (χ4v) is 5.06. The highest BCUT2D eigenvalue weighted by atomic mass is 16.6. The Morgan fingerprint density at radius 1 is 1.00 bits per heavy atom. The van der Waals surface area contributed by atoms with Crippen LogP contribution in [0.3, 0.4) is 0 Å². The second-order valence-corrected chi connectivity index (χ2v) is 9.60. The molecule has 0 saturated carbocycles. The Morgan fingerprint density at radius 2 is 1.71 bits per heavy atom. The van der Waals surface area contributed by atoms with E-state index in [0.717, 1.165) is 0 Å². The van der Waals surface area contributed by atoms with E-state index in [1.165, 1.54) is 17.6 Å². The summed E-state index contributed by atoms with van der Waals surface area (Å²) in [4.78, 5) is 51.9. The van der Waals surface area contributed by atoms with E-state index >= 15 is 0 Å². The minimum atomic E-state index is -1.18. The summed E-state index contributed by atoms with van der Waals surface area (Å²) in [7, 11) is 0. The van der Waals surface area contributed by atoms with Gasteiger partial charge in [0.25, 0.3) is 17.7 Å². The van der Waals surface area contributed by atoms with E-state index in [1.54, 1.807) is 59.2 Å². The number of nitrogens with one attached hydrogen (secondary N) is 1. The maximum atomic E-state index is 12.7. The number of aliphatic hydroxyl groups excluding tert-OH is 2. The average Bonchev–Trinajstić information content (AvgIpc) is 3.64. The quantitative estimate of drug-likeness (QED) is 0.202. The molecule has 1 fully saturated rings. The van der Waals surface area contributed by atoms with E-state index in [2.05, 4.69) is 20.3 Å². The molecule has 3 amide bonds. The molecule has 0 spiro atoms. The van der Waals surface area contributed by atoms with Crippen LogP contribution in [-0.2, 0) is 9.47 Å². The van der Waals surface area contributed by atoms with Crippen molar-refractivity contribution in [2.75, 3.05) is 25.1 Å². The van der Waals surface area contributed by atoms with Crippen molar-refractivity contribution in [2.24, 2.45) is 0 Å². The lowest BCUT2D eigenvalue weighted by molar-refractivity contribution is -0.0712. The number of imidazole rings is 1. The predicted octanol–water partition coefficient (Wildman–Crippen LogP) is 1.40. The van der Waals surface area contributed by atoms with Gasteiger partial charge in [0.2, 0.25) is 0 Å². The van der Waals surface area contributed by atoms with Crippen LogP contribution in [0, 0.1) is 0 Å². The molecule has 13 nitrogen and oxygen atoms in total. The van der Waals surface area contributed by atoms with Gasteiger partial charge in [0.15, 0.2) is 23.2 Å². The first kappa shape index (κ1) is 26.7. The van der Waals surface area contributed by atoms with Gasteiger partial charge in [0.1, 0.15) is 24.6 Å². The van der Waals surface area contributed by atoms with Crippen LogP contribution in [0.2, 0.25) is 0 Å². The number of carbonyl (C=O) groups excluding carboxylic acids is 3. The molecule has 0 radical (unpaired) electrons. The van der Waals surface area contributed by atoms with Gasteiger partial charge in [-0.25, -0.2) is 15.0 Å². The van der Waals surface area contributed by atoms with E-state index in [1.807, 2.05) is 0 Å². The molecule has 4 aromatic rings. The lowest BCUT2D eigenvalue weighted by atomic mass is 10.1. The third kappa shape index (κ3) is 4.85. The number of ether oxygens (including phenoxy) is 2. The highest BCUT2D eigenvalue weighted by Gasteiger charge is 2.46. The number of anilines is 1. The van der Waals surface area contributed by atoms with Gasteiger partial charge in [-0.15, -0.1) is 0 Å². The number of aliphatic hydroxyl groups is 2. The first-order valence-electron chi connectivity index (χ1n) is 13.0. The molecule has 210 valence electrons. The molecule has 2 aromatic heterocycles. The van der Waals surface area contributed by atoms with Gasteiger partial charge in [-0.1, -0.05) is 30.3 Å². The number of nitrogens with zero attached hydrogens (tertiary/aromatic N) is 5. The summed E-state index contributed by atoms with van der Waals surface area (Å²) in [6, 6.07) is 15.3. The molecule has 2 aromatic carbocycles. The number of rotatable bonds is 9. The van der Waals surface area contributed by atoms with Crippen molar-refractivity contribution < 1.29 is 34.1 Å². The van der Waals surface area contributed by atoms with Crippen molar-refractivity contribution >= 4 is 34.7 Å². The molecule has 4 heterocycles. The highest BCUT2D eigenvalue weighted by Crippen LogP contribution is 2.34. The molecule has 0 bridgehead atoms. The summed E-state index contributed by atoms with van der Waals surface area (Å²) in [5.74, 6) is -0.883. The molecule has 6 rings (SSSR count). The van der Waals surface area contributed by atoms with Crippen LogP contribution in [0.15, 0.2) is 67.3 Å². The minimum absolute atomic E-state index is 0.0904. The molecule has 0 unspecified atom stereocenters. The second-order valence-electron chi connectivity index (χ2n) is 9.60. The second kappa shape index (κ2) is 11.1. The molecular formula is C28H26N6O7. The van der Waals surface area contributed by atoms with Crippen molar-refractivity contribution in [2.45, 2.75) is 31.0 Å². The number of fused-ring (bicyclic) bond motifs is 2. The molecule has 1 saturated heterocycles. The number of aromatic nitrogens is 4. The summed E-state index contributed by atoms with van der Waals surface area (Å²) in [6.07, 6.45) is -0.937. The van der Waals surface area contributed by atoms with Crippen molar-refractivity contribution in [1.82, 2.24) is 24.4 Å². The average molecular weight is 559 g/mol. The lowest BCUT2D eigenvalue weighted by Gasteiger charge is -2.22. The topological polar surface area (TPSA) is 169 Å². The normalized spacial score (nSPS) is 22.0. The Bertz CT molecular complexity index is 1580. The number of amides is 3. The summed E-state index contributed by atoms with van der Waals surface area (Å²) in [5.41, 5.74) is 1.81. The number of benzene rings is 2. The zero-order chi connectivity index (χ0) is 28.5. The predicted molar refractivity (Wildman–Crippen MR) is 143 cm³/mol. The van der Waals surface area contributed by atoms with Crippen LogP contribution in [0.25, 0.3) is 11.2 Å². The van der Waals surface area contributed by atoms with Crippen molar-refractivity contribution in [1.29, 1.82) is 0 Å². The van der Waals surface area contributed by atoms with E-state index in [0.29, 0.717) is 34.3 Å². The first-order valence-corrected chi connectivity index (χ1v) is 13.0. The fourth-order valence-electron chi connectivity index (χ4n) is 5.06. The number of carbonyl (C=O) groups is 3. The van der Waals surface area contributed by atoms with E-state index in [-0.39, 0.29) is 36.7 Å². The van der Waals surface area contributed by atoms with Gasteiger partial charge >= 0.3 is 0 Å². The monoisotopic (exact) mass is 558 g/mol. The smallest absolute Gasteiger partial charge is 0.261 e. The van der Waals surface area contributed by atoms with Crippen LogP contribution in [0.1, 0.15) is 43.7 Å². The maximum absolute atomic E-state index is 12.7. The largest absolute Gasteiger partial charge is 0.394 e. The lowest BCUT2D eigenvalue weighted by Crippen LogP contribution is -2.36. The standard InChI is InChI=1S/C28H26N6O7/c35-13-19-21(36)22(40-12-6-11-33-26(38)17-9-4-5-10-18(17)27(33)39)28(41-19)34-15-31-20-23(29-14-30-24(20)34)32-25(37)16-7-2-1-3-8-16/h1-5,7-10,14-15,19,21-22,28,35-36H,6,11-13H2,(H,29,30,32,37)/t19-,21-,22-,28-/m1/s1. The van der Waals surface area contributed by atoms with Crippen LogP contribution in [0.4, 0.5) is 5.82 Å². The van der Waals surface area contributed by atoms with Crippen LogP contribution < -0.4 is 5.32 Å². The van der Waals surface area contributed by atoms with Gasteiger partial charge in [-0.2, -0.15) is 0 Å². The van der Waals surface area contributed by atoms with E-state index < -0.39 is 31.1 Å². The Labute approximate surface area is 233 Å². The Balaban J connectivity index is 1.16. The summed E-state index contributed by atoms with van der Waals surface area (Å²) in [5, 5.41) is 23.4. The molecule has 2 aliphatic heterocycles. The van der Waals surface area contributed by atoms with Gasteiger partial charge < -0.3 is 25.0 Å². The summed E-state index contributed by atoms with van der Waals surface area (Å²) in [6.45, 7) is -0.227. The molecule has 3 N–H and O–H groups in total. The zero-order valence-corrected chi connectivity index (χ0v) is 21.7. The van der Waals surface area contributed by atoms with E-state index in [9.17, 15) is 24.6 Å². The first-order chi connectivity index (χ1) is 20.0. The van der Waals surface area contributed by atoms with Crippen molar-refractivity contribution in [3.05, 3.63) is 83.9 Å². The zero-order valence-electron chi connectivity index (χ0n) is 21.7. The van der Waals surface area contributed by atoms with Gasteiger partial charge in [0, 0.05) is 18.7 Å². The number of hydrogen-bond donors (Lipinski definition) is 3. The maximum Gasteiger partial charge on any atom is 0.261 e. The Morgan fingerprint density at radius 3 is 2.41 bits per heavy atom. The van der Waals surface area contributed by atoms with Gasteiger partial charge in [-0.05, 0) is 30.7 Å². The van der Waals surface area contributed by atoms with Crippen molar-refractivity contribution in [3.8, 4) is 0 Å². The molecular weight excluding hydrogens is 532 g/mol. The van der Waals surface area contributed by atoms with Crippen LogP contribution in [-0.4, -0.2) is 90.4 Å². The fraction of sp³-hybridized carbons (Fsp3) is 0.286. The number of hydrogen-bond acceptors (Lipinski definition) is 10. The molecule has 2 aliphatic rings. The molecule has 41 heavy (non-hydrogen) atoms. The van der Waals surface area contributed by atoms with Crippen LogP contribution in [0.5, 0.6) is 0 Å². The van der Waals surface area contributed by atoms with Gasteiger partial charge in [0.05, 0.1) is 24.1 Å². The Hall–Kier alpha value is -4.56. The van der Waals surface area contributed by atoms with Gasteiger partial charge in [-0.3, -0.25) is 23.9 Å². The van der Waals surface area contributed by atoms with Crippen molar-refractivity contribution in [3.63, 3.8) is 0 Å². The minimum Gasteiger partial charge on any atom is -0.394 e. The Kier molecular flexibility index (Phi) is 7.24. The molecule has 4 atom stereocenters. The molecule has 0 aliphatic carbocycles. The third-order valence-electron chi connectivity index (χ3n) is 7.11. The molecule has 13 heteroatoms. The SMILES string of the molecule is O=C(Nc1ncnc2c1ncn2[C@@H]1O[C@H](CO)[C@@H](O)[C@H]1OCCCN1C(=O)c2ccccc2C1=O)c1ccccc1. The summed E-state index contributed by atoms with van der Waals surface area (Å²) >= 11 is 0. The van der Waals surface area contributed by atoms with Crippen LogP contribution >= 0.6 is 0 Å². The van der Waals surface area contributed by atoms with E-state index in [4.69, 9.17) is 9.47 Å². The number of imide groups is 1.